The summed E-state index contributed by atoms with van der Waals surface area (Å²) in [5.41, 5.74) is 0. The fraction of sp³-hybridized carbons (Fsp3) is 1.00. The van der Waals surface area contributed by atoms with E-state index < -0.39 is 0 Å². The molecule has 0 aliphatic heterocycles. The number of likely N-dealkylation sites (N-methyl/N-ethyl adjacent to an activating group) is 1. The summed E-state index contributed by atoms with van der Waals surface area (Å²) in [6.07, 6.45) is 0. The second kappa shape index (κ2) is 9.21. The van der Waals surface area contributed by atoms with Gasteiger partial charge in [0.25, 0.3) is 0 Å². The third-order valence-corrected chi connectivity index (χ3v) is 1.51. The topological polar surface area (TPSA) is 12.5 Å². The molecule has 0 atom stereocenters. The molecule has 0 rings (SSSR count). The molecule has 0 fully saturated rings. The van der Waals surface area contributed by atoms with Gasteiger partial charge in [-0.05, 0) is 13.1 Å². The van der Waals surface area contributed by atoms with Crippen LogP contribution in [-0.2, 0) is 4.74 Å². The zero-order valence-corrected chi connectivity index (χ0v) is 7.91. The lowest BCUT2D eigenvalue weighted by molar-refractivity contribution is 0.154. The Kier molecular flexibility index (Phi) is 11.8. The number of hydrogen-bond acceptors (Lipinski definition) is 2. The van der Waals surface area contributed by atoms with Crippen molar-refractivity contribution in [1.82, 2.24) is 4.90 Å². The second-order valence-corrected chi connectivity index (χ2v) is 2.02. The number of methoxy groups -OCH3 is 1. The molecule has 0 saturated carbocycles. The van der Waals surface area contributed by atoms with Gasteiger partial charge in [-0.1, -0.05) is 13.8 Å². The molecule has 0 aromatic heterocycles. The first-order chi connectivity index (χ1) is 4.35. The van der Waals surface area contributed by atoms with Gasteiger partial charge in [-0.3, -0.25) is 0 Å². The second-order valence-electron chi connectivity index (χ2n) is 2.02. The Morgan fingerprint density at radius 2 is 1.70 bits per heavy atom. The van der Waals surface area contributed by atoms with E-state index in [1.54, 1.807) is 7.11 Å². The normalized spacial score (nSPS) is 9.60. The summed E-state index contributed by atoms with van der Waals surface area (Å²) in [4.78, 5) is 2.34. The van der Waals surface area contributed by atoms with E-state index >= 15 is 0 Å². The Hall–Kier alpha value is 0.210. The molecule has 0 radical (unpaired) electrons. The first kappa shape index (κ1) is 12.8. The van der Waals surface area contributed by atoms with Crippen LogP contribution in [0.25, 0.3) is 0 Å². The maximum Gasteiger partial charge on any atom is 0.0589 e. The molecule has 2 nitrogen and oxygen atoms in total. The molecule has 64 valence electrons. The summed E-state index contributed by atoms with van der Waals surface area (Å²) in [7, 11) is 1.74. The molecule has 0 aliphatic rings. The van der Waals surface area contributed by atoms with Gasteiger partial charge >= 0.3 is 0 Å². The van der Waals surface area contributed by atoms with Gasteiger partial charge in [0.1, 0.15) is 0 Å². The van der Waals surface area contributed by atoms with E-state index in [4.69, 9.17) is 4.74 Å². The molecule has 0 aliphatic carbocycles. The van der Waals surface area contributed by atoms with Crippen molar-refractivity contribution in [2.24, 2.45) is 0 Å². The van der Waals surface area contributed by atoms with Gasteiger partial charge in [0.15, 0.2) is 0 Å². The molecule has 3 heteroatoms. The number of hydrogen-bond donors (Lipinski definition) is 0. The first-order valence-corrected chi connectivity index (χ1v) is 3.56. The van der Waals surface area contributed by atoms with Crippen molar-refractivity contribution in [2.75, 3.05) is 33.4 Å². The molecule has 0 bridgehead atoms. The van der Waals surface area contributed by atoms with Crippen LogP contribution in [0.4, 0.5) is 0 Å². The minimum atomic E-state index is 0. The molecule has 10 heavy (non-hydrogen) atoms. The molecule has 0 saturated heterocycles. The Morgan fingerprint density at radius 1 is 1.20 bits per heavy atom. The average molecular weight is 168 g/mol. The Morgan fingerprint density at radius 3 is 2.00 bits per heavy atom. The molecule has 0 spiro atoms. The van der Waals surface area contributed by atoms with E-state index in [-0.39, 0.29) is 12.4 Å². The van der Waals surface area contributed by atoms with Crippen molar-refractivity contribution in [1.29, 1.82) is 0 Å². The fourth-order valence-electron chi connectivity index (χ4n) is 0.760. The van der Waals surface area contributed by atoms with Crippen molar-refractivity contribution in [2.45, 2.75) is 13.8 Å². The maximum atomic E-state index is 4.93. The standard InChI is InChI=1S/C7H17NO.ClH/c1-4-8(5-2)6-7-9-3;/h4-7H2,1-3H3;1H. The molecule has 0 aromatic carbocycles. The lowest BCUT2D eigenvalue weighted by atomic mass is 10.5. The highest BCUT2D eigenvalue weighted by molar-refractivity contribution is 5.85. The Balaban J connectivity index is 0. The van der Waals surface area contributed by atoms with Crippen LogP contribution in [0.1, 0.15) is 13.8 Å². The minimum absolute atomic E-state index is 0. The summed E-state index contributed by atoms with van der Waals surface area (Å²) < 4.78 is 4.93. The highest BCUT2D eigenvalue weighted by Gasteiger charge is 1.95. The molecule has 0 N–H and O–H groups in total. The van der Waals surface area contributed by atoms with Gasteiger partial charge in [0, 0.05) is 13.7 Å². The van der Waals surface area contributed by atoms with E-state index in [1.165, 1.54) is 0 Å². The SMILES string of the molecule is CCN(CC)CCOC.Cl. The van der Waals surface area contributed by atoms with Crippen molar-refractivity contribution >= 4 is 12.4 Å². The third kappa shape index (κ3) is 6.33. The van der Waals surface area contributed by atoms with Gasteiger partial charge in [0.05, 0.1) is 6.61 Å². The first-order valence-electron chi connectivity index (χ1n) is 3.56. The Labute approximate surface area is 70.0 Å². The Bertz CT molecular complexity index is 57.6. The lowest BCUT2D eigenvalue weighted by Gasteiger charge is -2.16. The number of ether oxygens (including phenoxy) is 1. The van der Waals surface area contributed by atoms with E-state index in [0.717, 1.165) is 26.2 Å². The largest absolute Gasteiger partial charge is 0.383 e. The van der Waals surface area contributed by atoms with Gasteiger partial charge in [-0.25, -0.2) is 0 Å². The van der Waals surface area contributed by atoms with Crippen LogP contribution in [-0.4, -0.2) is 38.3 Å². The average Bonchev–Trinajstić information content (AvgIpc) is 1.91. The van der Waals surface area contributed by atoms with Crippen LogP contribution >= 0.6 is 12.4 Å². The zero-order chi connectivity index (χ0) is 7.11. The van der Waals surface area contributed by atoms with Crippen LogP contribution < -0.4 is 0 Å². The van der Waals surface area contributed by atoms with Gasteiger partial charge in [-0.15, -0.1) is 12.4 Å². The summed E-state index contributed by atoms with van der Waals surface area (Å²) >= 11 is 0. The maximum absolute atomic E-state index is 4.93. The molecule has 0 heterocycles. The number of halogens is 1. The fourth-order valence-corrected chi connectivity index (χ4v) is 0.760. The van der Waals surface area contributed by atoms with Gasteiger partial charge in [-0.2, -0.15) is 0 Å². The van der Waals surface area contributed by atoms with Gasteiger partial charge in [0.2, 0.25) is 0 Å². The van der Waals surface area contributed by atoms with Crippen molar-refractivity contribution < 1.29 is 4.74 Å². The quantitative estimate of drug-likeness (QED) is 0.614. The lowest BCUT2D eigenvalue weighted by Crippen LogP contribution is -2.26. The van der Waals surface area contributed by atoms with Crippen LogP contribution in [0.15, 0.2) is 0 Å². The van der Waals surface area contributed by atoms with E-state index in [9.17, 15) is 0 Å². The van der Waals surface area contributed by atoms with Crippen LogP contribution in [0, 0.1) is 0 Å². The van der Waals surface area contributed by atoms with E-state index in [1.807, 2.05) is 0 Å². The van der Waals surface area contributed by atoms with Crippen molar-refractivity contribution in [3.8, 4) is 0 Å². The highest BCUT2D eigenvalue weighted by atomic mass is 35.5. The highest BCUT2D eigenvalue weighted by Crippen LogP contribution is 1.84. The minimum Gasteiger partial charge on any atom is -0.383 e. The molecule has 0 unspecified atom stereocenters. The van der Waals surface area contributed by atoms with E-state index in [2.05, 4.69) is 18.7 Å². The number of rotatable bonds is 5. The smallest absolute Gasteiger partial charge is 0.0589 e. The van der Waals surface area contributed by atoms with Gasteiger partial charge < -0.3 is 9.64 Å². The molecule has 0 aromatic rings. The zero-order valence-electron chi connectivity index (χ0n) is 7.09. The predicted octanol–water partition coefficient (Wildman–Crippen LogP) is 1.40. The summed E-state index contributed by atoms with van der Waals surface area (Å²) in [5, 5.41) is 0. The van der Waals surface area contributed by atoms with Crippen molar-refractivity contribution in [3.05, 3.63) is 0 Å². The van der Waals surface area contributed by atoms with E-state index in [0.29, 0.717) is 0 Å². The third-order valence-electron chi connectivity index (χ3n) is 1.51. The molecule has 0 amide bonds. The predicted molar refractivity (Wildman–Crippen MR) is 46.9 cm³/mol. The summed E-state index contributed by atoms with van der Waals surface area (Å²) in [6, 6.07) is 0. The number of nitrogens with zero attached hydrogens (tertiary/aromatic N) is 1. The molecular weight excluding hydrogens is 150 g/mol. The van der Waals surface area contributed by atoms with Crippen molar-refractivity contribution in [3.63, 3.8) is 0 Å². The van der Waals surface area contributed by atoms with Crippen LogP contribution in [0.2, 0.25) is 0 Å². The monoisotopic (exact) mass is 167 g/mol. The summed E-state index contributed by atoms with van der Waals surface area (Å²) in [5.74, 6) is 0. The summed E-state index contributed by atoms with van der Waals surface area (Å²) in [6.45, 7) is 8.49. The van der Waals surface area contributed by atoms with Crippen LogP contribution in [0.3, 0.4) is 0 Å². The van der Waals surface area contributed by atoms with Crippen LogP contribution in [0.5, 0.6) is 0 Å². The molecular formula is C7H18ClNO.